The van der Waals surface area contributed by atoms with Gasteiger partial charge < -0.3 is 10.4 Å². The Bertz CT molecular complexity index is 906. The molecule has 200 valence electrons. The molecule has 0 aliphatic heterocycles. The summed E-state index contributed by atoms with van der Waals surface area (Å²) in [4.78, 5) is 0. The lowest BCUT2D eigenvalue weighted by Crippen LogP contribution is -2.21. The zero-order chi connectivity index (χ0) is 26.6. The summed E-state index contributed by atoms with van der Waals surface area (Å²) >= 11 is 0. The van der Waals surface area contributed by atoms with Crippen molar-refractivity contribution in [1.82, 2.24) is 5.32 Å². The average Bonchev–Trinajstić information content (AvgIpc) is 2.82. The molecule has 0 amide bonds. The van der Waals surface area contributed by atoms with Gasteiger partial charge in [0.1, 0.15) is 0 Å². The van der Waals surface area contributed by atoms with Gasteiger partial charge in [0.15, 0.2) is 0 Å². The summed E-state index contributed by atoms with van der Waals surface area (Å²) in [6.07, 6.45) is -1.68. The number of alkyl halides is 6. The fourth-order valence-corrected chi connectivity index (χ4v) is 4.40. The van der Waals surface area contributed by atoms with E-state index in [1.54, 1.807) is 12.1 Å². The second-order valence-electron chi connectivity index (χ2n) is 9.18. The molecule has 1 fully saturated rings. The molecule has 0 spiro atoms. The van der Waals surface area contributed by atoms with E-state index in [9.17, 15) is 31.4 Å². The highest BCUT2D eigenvalue weighted by atomic mass is 19.4. The van der Waals surface area contributed by atoms with Crippen molar-refractivity contribution >= 4 is 0 Å². The Morgan fingerprint density at radius 1 is 0.972 bits per heavy atom. The standard InChI is InChI=1S/C18H23F3O.C10H12F3N/c1-2-4-17(22)12-13-5-3-6-15(11-13)14-7-9-16(10-8-14)18(19,20)21;11-10(12,13)6-7-14-8-9-4-2-1-3-5-9/h4,7-10,13,15,22H,2-3,5-6,11-12H2,1H3;1-5,14H,6-8H2/b17-4+;. The molecule has 1 saturated carbocycles. The number of allylic oxidation sites excluding steroid dienone is 2. The van der Waals surface area contributed by atoms with E-state index in [2.05, 4.69) is 5.32 Å². The zero-order valence-corrected chi connectivity index (χ0v) is 20.5. The lowest BCUT2D eigenvalue weighted by Gasteiger charge is -2.29. The van der Waals surface area contributed by atoms with E-state index in [-0.39, 0.29) is 6.54 Å². The lowest BCUT2D eigenvalue weighted by atomic mass is 9.76. The van der Waals surface area contributed by atoms with E-state index in [0.717, 1.165) is 43.2 Å². The first-order chi connectivity index (χ1) is 17.0. The van der Waals surface area contributed by atoms with Gasteiger partial charge in [-0.1, -0.05) is 55.8 Å². The number of hydrogen-bond donors (Lipinski definition) is 2. The van der Waals surface area contributed by atoms with Crippen molar-refractivity contribution < 1.29 is 31.4 Å². The topological polar surface area (TPSA) is 32.3 Å². The molecule has 1 aliphatic carbocycles. The van der Waals surface area contributed by atoms with Gasteiger partial charge in [-0.3, -0.25) is 0 Å². The van der Waals surface area contributed by atoms with Crippen LogP contribution in [0, 0.1) is 5.92 Å². The molecule has 2 unspecified atom stereocenters. The quantitative estimate of drug-likeness (QED) is 0.209. The molecule has 2 N–H and O–H groups in total. The van der Waals surface area contributed by atoms with Crippen molar-refractivity contribution in [1.29, 1.82) is 0 Å². The SMILES string of the molecule is CC/C=C(/O)CC1CCCC(c2ccc(C(F)(F)F)cc2)C1.FC(F)(F)CCNCc1ccccc1. The summed E-state index contributed by atoms with van der Waals surface area (Å²) in [7, 11) is 0. The molecule has 0 saturated heterocycles. The van der Waals surface area contributed by atoms with Crippen LogP contribution in [0.3, 0.4) is 0 Å². The Balaban J connectivity index is 0.000000281. The molecule has 8 heteroatoms. The third-order valence-corrected chi connectivity index (χ3v) is 6.19. The van der Waals surface area contributed by atoms with E-state index < -0.39 is 24.3 Å². The average molecular weight is 516 g/mol. The minimum absolute atomic E-state index is 0.0294. The van der Waals surface area contributed by atoms with Crippen LogP contribution < -0.4 is 5.32 Å². The lowest BCUT2D eigenvalue weighted by molar-refractivity contribution is -0.137. The number of hydrogen-bond acceptors (Lipinski definition) is 2. The molecule has 1 aliphatic rings. The van der Waals surface area contributed by atoms with Crippen molar-refractivity contribution in [2.75, 3.05) is 6.54 Å². The number of aliphatic hydroxyl groups is 1. The van der Waals surface area contributed by atoms with Gasteiger partial charge in [-0.2, -0.15) is 26.3 Å². The summed E-state index contributed by atoms with van der Waals surface area (Å²) in [5, 5.41) is 12.6. The van der Waals surface area contributed by atoms with E-state index >= 15 is 0 Å². The predicted molar refractivity (Wildman–Crippen MR) is 131 cm³/mol. The summed E-state index contributed by atoms with van der Waals surface area (Å²) < 4.78 is 73.0. The van der Waals surface area contributed by atoms with Crippen molar-refractivity contribution in [3.05, 3.63) is 83.1 Å². The maximum Gasteiger partial charge on any atom is 0.416 e. The maximum atomic E-state index is 12.6. The van der Waals surface area contributed by atoms with Gasteiger partial charge in [0.25, 0.3) is 0 Å². The monoisotopic (exact) mass is 515 g/mol. The highest BCUT2D eigenvalue weighted by Crippen LogP contribution is 2.39. The molecular weight excluding hydrogens is 480 g/mol. The molecule has 2 atom stereocenters. The molecule has 0 aromatic heterocycles. The first kappa shape index (κ1) is 29.7. The Morgan fingerprint density at radius 3 is 2.22 bits per heavy atom. The normalized spacial score (nSPS) is 18.9. The summed E-state index contributed by atoms with van der Waals surface area (Å²) in [6.45, 7) is 2.44. The number of nitrogens with one attached hydrogen (secondary N) is 1. The van der Waals surface area contributed by atoms with Crippen LogP contribution in [0.5, 0.6) is 0 Å². The largest absolute Gasteiger partial charge is 0.513 e. The van der Waals surface area contributed by atoms with Crippen molar-refractivity contribution in [2.24, 2.45) is 5.92 Å². The van der Waals surface area contributed by atoms with Gasteiger partial charge in [-0.25, -0.2) is 0 Å². The Morgan fingerprint density at radius 2 is 1.64 bits per heavy atom. The fraction of sp³-hybridized carbons (Fsp3) is 0.500. The predicted octanol–water partition coefficient (Wildman–Crippen LogP) is 8.95. The molecule has 36 heavy (non-hydrogen) atoms. The molecule has 0 heterocycles. The third kappa shape index (κ3) is 11.5. The van der Waals surface area contributed by atoms with Gasteiger partial charge >= 0.3 is 12.4 Å². The van der Waals surface area contributed by atoms with Gasteiger partial charge in [0, 0.05) is 19.5 Å². The van der Waals surface area contributed by atoms with Gasteiger partial charge in [-0.05, 0) is 66.9 Å². The third-order valence-electron chi connectivity index (χ3n) is 6.19. The minimum Gasteiger partial charge on any atom is -0.513 e. The van der Waals surface area contributed by atoms with Crippen LogP contribution in [0.25, 0.3) is 0 Å². The maximum absolute atomic E-state index is 12.6. The number of halogens is 6. The molecular formula is C28H35F6NO. The second kappa shape index (κ2) is 14.3. The zero-order valence-electron chi connectivity index (χ0n) is 20.5. The smallest absolute Gasteiger partial charge is 0.416 e. The molecule has 2 aromatic rings. The fourth-order valence-electron chi connectivity index (χ4n) is 4.40. The summed E-state index contributed by atoms with van der Waals surface area (Å²) in [6, 6.07) is 14.9. The first-order valence-electron chi connectivity index (χ1n) is 12.3. The molecule has 3 rings (SSSR count). The van der Waals surface area contributed by atoms with Crippen LogP contribution in [-0.4, -0.2) is 17.8 Å². The van der Waals surface area contributed by atoms with Crippen molar-refractivity contribution in [3.63, 3.8) is 0 Å². The van der Waals surface area contributed by atoms with Crippen molar-refractivity contribution in [2.45, 2.75) is 76.7 Å². The number of benzene rings is 2. The van der Waals surface area contributed by atoms with E-state index in [1.165, 1.54) is 12.1 Å². The first-order valence-corrected chi connectivity index (χ1v) is 12.3. The molecule has 2 nitrogen and oxygen atoms in total. The Labute approximate surface area is 209 Å². The van der Waals surface area contributed by atoms with E-state index in [4.69, 9.17) is 0 Å². The van der Waals surface area contributed by atoms with E-state index in [1.807, 2.05) is 43.3 Å². The van der Waals surface area contributed by atoms with Crippen LogP contribution in [0.2, 0.25) is 0 Å². The van der Waals surface area contributed by atoms with Gasteiger partial charge in [0.05, 0.1) is 17.7 Å². The summed E-state index contributed by atoms with van der Waals surface area (Å²) in [5.74, 6) is 1.17. The second-order valence-corrected chi connectivity index (χ2v) is 9.18. The molecule has 0 radical (unpaired) electrons. The molecule has 0 bridgehead atoms. The van der Waals surface area contributed by atoms with Crippen LogP contribution in [0.15, 0.2) is 66.4 Å². The van der Waals surface area contributed by atoms with Crippen molar-refractivity contribution in [3.8, 4) is 0 Å². The van der Waals surface area contributed by atoms with Crippen LogP contribution in [0.4, 0.5) is 26.3 Å². The van der Waals surface area contributed by atoms with Crippen LogP contribution >= 0.6 is 0 Å². The summed E-state index contributed by atoms with van der Waals surface area (Å²) in [5.41, 5.74) is 1.39. The number of rotatable bonds is 8. The Kier molecular flexibility index (Phi) is 11.8. The van der Waals surface area contributed by atoms with Gasteiger partial charge in [0.2, 0.25) is 0 Å². The van der Waals surface area contributed by atoms with Crippen LogP contribution in [-0.2, 0) is 12.7 Å². The van der Waals surface area contributed by atoms with E-state index in [0.29, 0.717) is 30.6 Å². The molecule has 2 aromatic carbocycles. The van der Waals surface area contributed by atoms with Gasteiger partial charge in [-0.15, -0.1) is 0 Å². The highest BCUT2D eigenvalue weighted by molar-refractivity contribution is 5.27. The Hall–Kier alpha value is -2.48. The highest BCUT2D eigenvalue weighted by Gasteiger charge is 2.31. The number of aliphatic hydroxyl groups excluding tert-OH is 1. The van der Waals surface area contributed by atoms with Crippen LogP contribution in [0.1, 0.15) is 74.5 Å². The minimum atomic E-state index is -4.27.